The van der Waals surface area contributed by atoms with Crippen molar-refractivity contribution in [2.45, 2.75) is 79.4 Å². The van der Waals surface area contributed by atoms with Crippen LogP contribution in [0.4, 0.5) is 5.69 Å². The molecule has 0 aliphatic heterocycles. The maximum Gasteiger partial charge on any atom is 0.325 e. The molecule has 0 amide bonds. The summed E-state index contributed by atoms with van der Waals surface area (Å²) in [7, 11) is 0. The second-order valence-electron chi connectivity index (χ2n) is 10.2. The molecule has 0 unspecified atom stereocenters. The Hall–Kier alpha value is -3.26. The van der Waals surface area contributed by atoms with E-state index in [1.807, 2.05) is 0 Å². The first kappa shape index (κ1) is 28.0. The van der Waals surface area contributed by atoms with Gasteiger partial charge in [-0.3, -0.25) is 9.59 Å². The van der Waals surface area contributed by atoms with Gasteiger partial charge in [-0.1, -0.05) is 57.9 Å². The number of ether oxygens (including phenoxy) is 2. The van der Waals surface area contributed by atoms with Crippen LogP contribution in [-0.4, -0.2) is 23.9 Å². The Bertz CT molecular complexity index is 1040. The van der Waals surface area contributed by atoms with Crippen molar-refractivity contribution in [3.63, 3.8) is 0 Å². The summed E-state index contributed by atoms with van der Waals surface area (Å²) in [5.74, 6) is 1.75. The third kappa shape index (κ3) is 9.13. The number of anilines is 1. The molecule has 0 aliphatic rings. The fourth-order valence-corrected chi connectivity index (χ4v) is 3.60. The maximum atomic E-state index is 12.3. The lowest BCUT2D eigenvalue weighted by Gasteiger charge is -2.26. The van der Waals surface area contributed by atoms with Crippen molar-refractivity contribution in [1.82, 2.24) is 0 Å². The Labute approximate surface area is 210 Å². The van der Waals surface area contributed by atoms with Gasteiger partial charge in [0.2, 0.25) is 5.78 Å². The van der Waals surface area contributed by atoms with Crippen LogP contribution < -0.4 is 10.1 Å². The predicted octanol–water partition coefficient (Wildman–Crippen LogP) is 6.59. The number of hydrogen-bond acceptors (Lipinski definition) is 5. The molecule has 0 saturated heterocycles. The molecule has 0 radical (unpaired) electrons. The zero-order valence-corrected chi connectivity index (χ0v) is 22.0. The molecule has 1 N–H and O–H groups in total. The highest BCUT2D eigenvalue weighted by molar-refractivity contribution is 6.12. The number of nitrogens with one attached hydrogen (secondary N) is 1. The van der Waals surface area contributed by atoms with Crippen LogP contribution in [0.15, 0.2) is 42.5 Å². The van der Waals surface area contributed by atoms with E-state index < -0.39 is 17.4 Å². The summed E-state index contributed by atoms with van der Waals surface area (Å²) in [6, 6.07) is 13.5. The molecule has 0 saturated carbocycles. The first-order valence-electron chi connectivity index (χ1n) is 12.3. The quantitative estimate of drug-likeness (QED) is 0.162. The number of carbonyl (C=O) groups is 2. The number of esters is 1. The lowest BCUT2D eigenvalue weighted by molar-refractivity contribution is -0.152. The molecule has 35 heavy (non-hydrogen) atoms. The highest BCUT2D eigenvalue weighted by atomic mass is 16.6. The van der Waals surface area contributed by atoms with E-state index in [-0.39, 0.29) is 12.1 Å². The molecule has 5 nitrogen and oxygen atoms in total. The van der Waals surface area contributed by atoms with Crippen LogP contribution in [0.5, 0.6) is 5.75 Å². The number of hydrogen-bond donors (Lipinski definition) is 1. The largest absolute Gasteiger partial charge is 0.489 e. The van der Waals surface area contributed by atoms with Crippen molar-refractivity contribution in [2.24, 2.45) is 5.41 Å². The van der Waals surface area contributed by atoms with E-state index in [1.165, 1.54) is 24.8 Å². The normalized spacial score (nSPS) is 11.5. The van der Waals surface area contributed by atoms with E-state index in [4.69, 9.17) is 15.9 Å². The van der Waals surface area contributed by atoms with Gasteiger partial charge in [-0.15, -0.1) is 6.42 Å². The van der Waals surface area contributed by atoms with Crippen LogP contribution in [0.25, 0.3) is 0 Å². The van der Waals surface area contributed by atoms with Crippen LogP contribution in [0.2, 0.25) is 0 Å². The Kier molecular flexibility index (Phi) is 9.95. The number of aryl methyl sites for hydroxylation is 1. The van der Waals surface area contributed by atoms with Crippen LogP contribution >= 0.6 is 0 Å². The smallest absolute Gasteiger partial charge is 0.325 e. The topological polar surface area (TPSA) is 64.6 Å². The minimum atomic E-state index is -0.586. The van der Waals surface area contributed by atoms with Crippen LogP contribution in [0, 0.1) is 17.8 Å². The zero-order chi connectivity index (χ0) is 26.1. The van der Waals surface area contributed by atoms with Gasteiger partial charge < -0.3 is 14.8 Å². The first-order chi connectivity index (χ1) is 16.5. The van der Waals surface area contributed by atoms with Gasteiger partial charge in [-0.2, -0.15) is 0 Å². The number of carbonyl (C=O) groups excluding carboxylic acids is 2. The second kappa shape index (κ2) is 12.4. The molecule has 0 fully saturated rings. The van der Waals surface area contributed by atoms with E-state index in [1.54, 1.807) is 39.0 Å². The Morgan fingerprint density at radius 2 is 1.60 bits per heavy atom. The lowest BCUT2D eigenvalue weighted by atomic mass is 9.79. The van der Waals surface area contributed by atoms with E-state index in [0.717, 1.165) is 12.0 Å². The molecule has 0 bridgehead atoms. The van der Waals surface area contributed by atoms with Crippen molar-refractivity contribution in [2.75, 3.05) is 11.9 Å². The zero-order valence-electron chi connectivity index (χ0n) is 22.0. The predicted molar refractivity (Wildman–Crippen MR) is 142 cm³/mol. The van der Waals surface area contributed by atoms with Gasteiger partial charge in [-0.05, 0) is 74.3 Å². The van der Waals surface area contributed by atoms with E-state index in [2.05, 4.69) is 56.3 Å². The van der Waals surface area contributed by atoms with E-state index >= 15 is 0 Å². The van der Waals surface area contributed by atoms with Crippen LogP contribution in [0.3, 0.4) is 0 Å². The van der Waals surface area contributed by atoms with E-state index in [9.17, 15) is 9.59 Å². The van der Waals surface area contributed by atoms with Crippen molar-refractivity contribution in [3.05, 3.63) is 59.2 Å². The highest BCUT2D eigenvalue weighted by Crippen LogP contribution is 2.31. The molecule has 0 aliphatic carbocycles. The van der Waals surface area contributed by atoms with Crippen molar-refractivity contribution >= 4 is 17.4 Å². The van der Waals surface area contributed by atoms with Crippen molar-refractivity contribution < 1.29 is 19.1 Å². The highest BCUT2D eigenvalue weighted by Gasteiger charge is 2.19. The van der Waals surface area contributed by atoms with Gasteiger partial charge in [-0.25, -0.2) is 0 Å². The summed E-state index contributed by atoms with van der Waals surface area (Å²) in [5.41, 5.74) is 2.91. The fourth-order valence-electron chi connectivity index (χ4n) is 3.60. The van der Waals surface area contributed by atoms with Crippen molar-refractivity contribution in [3.8, 4) is 18.1 Å². The number of ketones is 1. The van der Waals surface area contributed by atoms with Crippen molar-refractivity contribution in [1.29, 1.82) is 0 Å². The molecule has 0 spiro atoms. The summed E-state index contributed by atoms with van der Waals surface area (Å²) < 4.78 is 11.2. The molecule has 188 valence electrons. The fraction of sp³-hybridized carbons (Fsp3) is 0.467. The summed E-state index contributed by atoms with van der Waals surface area (Å²) in [6.45, 7) is 12.6. The molecule has 2 aromatic rings. The number of benzene rings is 2. The monoisotopic (exact) mass is 477 g/mol. The number of rotatable bonds is 12. The summed E-state index contributed by atoms with van der Waals surface area (Å²) in [4.78, 5) is 24.3. The van der Waals surface area contributed by atoms with Gasteiger partial charge in [0, 0.05) is 5.69 Å². The molecule has 2 rings (SSSR count). The van der Waals surface area contributed by atoms with Gasteiger partial charge >= 0.3 is 5.97 Å². The van der Waals surface area contributed by atoms with Gasteiger partial charge in [0.25, 0.3) is 0 Å². The first-order valence-corrected chi connectivity index (χ1v) is 12.3. The van der Waals surface area contributed by atoms with E-state index in [0.29, 0.717) is 23.5 Å². The van der Waals surface area contributed by atoms with Gasteiger partial charge in [0.05, 0.1) is 5.56 Å². The molecule has 0 aromatic heterocycles. The van der Waals surface area contributed by atoms with Crippen LogP contribution in [0.1, 0.15) is 82.3 Å². The van der Waals surface area contributed by atoms with Gasteiger partial charge in [0.15, 0.2) is 0 Å². The maximum absolute atomic E-state index is 12.3. The molecule has 0 atom stereocenters. The number of Topliss-reactive ketones (excluding diaryl/α,β-unsaturated/α-hetero) is 1. The Balaban J connectivity index is 2.01. The molecule has 0 heterocycles. The summed E-state index contributed by atoms with van der Waals surface area (Å²) >= 11 is 0. The minimum absolute atomic E-state index is 0.0790. The minimum Gasteiger partial charge on any atom is -0.489 e. The molecule has 2 aromatic carbocycles. The SMILES string of the molecule is C#CC(=O)c1cc(OCc2ccc(CCC(C)(CC)CC)cc2)ccc1NCC(=O)OC(C)(C)C. The third-order valence-electron chi connectivity index (χ3n) is 6.36. The third-order valence-corrected chi connectivity index (χ3v) is 6.36. The summed E-state index contributed by atoms with van der Waals surface area (Å²) in [6.07, 6.45) is 9.97. The number of terminal acetylenes is 1. The van der Waals surface area contributed by atoms with Crippen LogP contribution in [-0.2, 0) is 22.6 Å². The Morgan fingerprint density at radius 1 is 0.971 bits per heavy atom. The average Bonchev–Trinajstić information content (AvgIpc) is 2.84. The Morgan fingerprint density at radius 3 is 2.17 bits per heavy atom. The molecular weight excluding hydrogens is 438 g/mol. The summed E-state index contributed by atoms with van der Waals surface area (Å²) in [5, 5.41) is 2.94. The van der Waals surface area contributed by atoms with Gasteiger partial charge in [0.1, 0.15) is 24.5 Å². The second-order valence-corrected chi connectivity index (χ2v) is 10.2. The lowest BCUT2D eigenvalue weighted by Crippen LogP contribution is -2.28. The standard InChI is InChI=1S/C30H39NO4/c1-8-27(32)25-19-24(15-16-26(25)31-20-28(33)35-29(4,5)6)34-21-23-13-11-22(12-14-23)17-18-30(7,9-2)10-3/h1,11-16,19,31H,9-10,17-18,20-21H2,2-7H3. The average molecular weight is 478 g/mol. The molecule has 5 heteroatoms. The molecular formula is C30H39NO4.